The Morgan fingerprint density at radius 2 is 2.07 bits per heavy atom. The van der Waals surface area contributed by atoms with Crippen molar-refractivity contribution in [2.75, 3.05) is 5.32 Å². The number of carbonyl (C=O) groups is 1. The zero-order valence-electron chi connectivity index (χ0n) is 16.6. The monoisotopic (exact) mass is 436 g/mol. The molecule has 6 nitrogen and oxygen atoms in total. The molecule has 0 bridgehead atoms. The van der Waals surface area contributed by atoms with Gasteiger partial charge in [-0.05, 0) is 23.8 Å². The van der Waals surface area contributed by atoms with Gasteiger partial charge in [-0.3, -0.25) is 14.2 Å². The molecule has 1 N–H and O–H groups in total. The van der Waals surface area contributed by atoms with Gasteiger partial charge >= 0.3 is 0 Å². The van der Waals surface area contributed by atoms with E-state index in [1.165, 1.54) is 27.8 Å². The van der Waals surface area contributed by atoms with Gasteiger partial charge in [-0.1, -0.05) is 32.0 Å². The number of nitrogens with one attached hydrogen (secondary N) is 1. The van der Waals surface area contributed by atoms with E-state index in [1.54, 1.807) is 12.1 Å². The Balaban J connectivity index is 1.50. The third kappa shape index (κ3) is 3.50. The highest BCUT2D eigenvalue weighted by Crippen LogP contribution is 2.40. The van der Waals surface area contributed by atoms with Crippen molar-refractivity contribution in [2.24, 2.45) is 0 Å². The number of para-hydroxylation sites is 1. The number of anilines is 1. The summed E-state index contributed by atoms with van der Waals surface area (Å²) >= 11 is 3.29. The summed E-state index contributed by atoms with van der Waals surface area (Å²) < 4.78 is 2.07. The lowest BCUT2D eigenvalue weighted by Gasteiger charge is -2.29. The number of amides is 1. The van der Waals surface area contributed by atoms with E-state index in [2.05, 4.69) is 30.2 Å². The first-order chi connectivity index (χ1) is 14.4. The van der Waals surface area contributed by atoms with Crippen molar-refractivity contribution in [2.45, 2.75) is 37.3 Å². The molecule has 0 saturated heterocycles. The van der Waals surface area contributed by atoms with Crippen molar-refractivity contribution >= 4 is 55.1 Å². The van der Waals surface area contributed by atoms with Crippen LogP contribution in [0.1, 0.15) is 25.1 Å². The highest BCUT2D eigenvalue weighted by molar-refractivity contribution is 7.99. The summed E-state index contributed by atoms with van der Waals surface area (Å²) in [6.45, 7) is 4.38. The van der Waals surface area contributed by atoms with Crippen molar-refractivity contribution in [3.63, 3.8) is 0 Å². The first kappa shape index (κ1) is 19.3. The summed E-state index contributed by atoms with van der Waals surface area (Å²) in [7, 11) is 0. The Kier molecular flexibility index (Phi) is 4.63. The van der Waals surface area contributed by atoms with Crippen LogP contribution in [0.25, 0.3) is 20.4 Å². The van der Waals surface area contributed by atoms with Crippen LogP contribution in [-0.2, 0) is 23.5 Å². The van der Waals surface area contributed by atoms with Crippen LogP contribution in [0.2, 0.25) is 0 Å². The molecule has 4 aromatic rings. The molecule has 0 fully saturated rings. The van der Waals surface area contributed by atoms with Crippen LogP contribution < -0.4 is 10.9 Å². The fraction of sp³-hybridized carbons (Fsp3) is 0.273. The number of rotatable bonds is 3. The number of thiophene rings is 1. The molecule has 0 radical (unpaired) electrons. The third-order valence-corrected chi connectivity index (χ3v) is 7.65. The number of hydrogen-bond donors (Lipinski definition) is 1. The minimum absolute atomic E-state index is 0.0837. The third-order valence-electron chi connectivity index (χ3n) is 5.19. The summed E-state index contributed by atoms with van der Waals surface area (Å²) in [6, 6.07) is 11.3. The molecule has 1 amide bonds. The lowest BCUT2D eigenvalue weighted by atomic mass is 10.0. The number of benzene rings is 1. The Bertz CT molecular complexity index is 1340. The van der Waals surface area contributed by atoms with Gasteiger partial charge in [0.25, 0.3) is 5.56 Å². The molecule has 0 unspecified atom stereocenters. The van der Waals surface area contributed by atoms with E-state index in [1.807, 2.05) is 30.0 Å². The molecule has 4 heterocycles. The Morgan fingerprint density at radius 3 is 2.87 bits per heavy atom. The summed E-state index contributed by atoms with van der Waals surface area (Å²) in [5, 5.41) is 3.72. The van der Waals surface area contributed by atoms with Crippen LogP contribution in [0.3, 0.4) is 0 Å². The number of aromatic nitrogens is 3. The molecule has 5 rings (SSSR count). The van der Waals surface area contributed by atoms with Crippen LogP contribution in [-0.4, -0.2) is 25.2 Å². The van der Waals surface area contributed by atoms with Gasteiger partial charge in [-0.15, -0.1) is 11.3 Å². The molecule has 1 aromatic carbocycles. The zero-order valence-corrected chi connectivity index (χ0v) is 18.3. The second kappa shape index (κ2) is 7.21. The Labute approximate surface area is 181 Å². The number of carbonyl (C=O) groups excluding carboxylic acids is 1. The van der Waals surface area contributed by atoms with Crippen LogP contribution in [0, 0.1) is 0 Å². The maximum Gasteiger partial charge on any atom is 0.271 e. The first-order valence-electron chi connectivity index (χ1n) is 9.69. The average Bonchev–Trinajstić information content (AvgIpc) is 3.07. The van der Waals surface area contributed by atoms with E-state index in [9.17, 15) is 9.59 Å². The van der Waals surface area contributed by atoms with Gasteiger partial charge in [0.2, 0.25) is 5.91 Å². The van der Waals surface area contributed by atoms with Crippen molar-refractivity contribution in [1.29, 1.82) is 0 Å². The topological polar surface area (TPSA) is 76.9 Å². The fourth-order valence-corrected chi connectivity index (χ4v) is 5.78. The lowest BCUT2D eigenvalue weighted by molar-refractivity contribution is -0.116. The van der Waals surface area contributed by atoms with Crippen molar-refractivity contribution in [3.8, 4) is 0 Å². The lowest BCUT2D eigenvalue weighted by Crippen LogP contribution is -2.27. The smallest absolute Gasteiger partial charge is 0.271 e. The maximum absolute atomic E-state index is 13.0. The van der Waals surface area contributed by atoms with Gasteiger partial charge in [0.05, 0.1) is 11.8 Å². The van der Waals surface area contributed by atoms with Crippen molar-refractivity contribution < 1.29 is 4.79 Å². The second-order valence-corrected chi connectivity index (χ2v) is 10.7. The molecule has 152 valence electrons. The van der Waals surface area contributed by atoms with Crippen LogP contribution in [0.4, 0.5) is 5.69 Å². The predicted molar refractivity (Wildman–Crippen MR) is 123 cm³/mol. The van der Waals surface area contributed by atoms with Gasteiger partial charge < -0.3 is 5.32 Å². The summed E-state index contributed by atoms with van der Waals surface area (Å²) in [5.41, 5.74) is 3.49. The highest BCUT2D eigenvalue weighted by atomic mass is 32.2. The SMILES string of the molecule is CC1(C)Cc2nc3sc4c(=O)n(CC(=O)Nc5ccccc5)cnc4c3cc2CS1. The second-order valence-electron chi connectivity index (χ2n) is 8.04. The van der Waals surface area contributed by atoms with E-state index in [0.29, 0.717) is 15.9 Å². The molecular formula is C22H20N4O2S2. The van der Waals surface area contributed by atoms with Gasteiger partial charge in [0.15, 0.2) is 0 Å². The first-order valence-corrected chi connectivity index (χ1v) is 11.5. The van der Waals surface area contributed by atoms with Gasteiger partial charge in [0, 0.05) is 33.7 Å². The molecule has 0 aliphatic carbocycles. The number of hydrogen-bond acceptors (Lipinski definition) is 6. The Hall–Kier alpha value is -2.71. The highest BCUT2D eigenvalue weighted by Gasteiger charge is 2.28. The molecular weight excluding hydrogens is 416 g/mol. The molecule has 1 aliphatic rings. The standard InChI is InChI=1S/C22H20N4O2S2/c1-22(2)9-16-13(11-29-22)8-15-18-19(30-20(15)25-16)21(28)26(12-23-18)10-17(27)24-14-6-4-3-5-7-14/h3-8,12H,9-11H2,1-2H3,(H,24,27). The number of nitrogens with zero attached hydrogens (tertiary/aromatic N) is 3. The maximum atomic E-state index is 13.0. The summed E-state index contributed by atoms with van der Waals surface area (Å²) in [4.78, 5) is 35.6. The minimum Gasteiger partial charge on any atom is -0.325 e. The Morgan fingerprint density at radius 1 is 1.27 bits per heavy atom. The van der Waals surface area contributed by atoms with E-state index in [4.69, 9.17) is 4.98 Å². The molecule has 1 aliphatic heterocycles. The number of pyridine rings is 1. The largest absolute Gasteiger partial charge is 0.325 e. The predicted octanol–water partition coefficient (Wildman–Crippen LogP) is 4.21. The molecule has 0 atom stereocenters. The minimum atomic E-state index is -0.265. The molecule has 30 heavy (non-hydrogen) atoms. The van der Waals surface area contributed by atoms with Crippen molar-refractivity contribution in [3.05, 3.63) is 64.3 Å². The van der Waals surface area contributed by atoms with E-state index < -0.39 is 0 Å². The quantitative estimate of drug-likeness (QED) is 0.521. The number of fused-ring (bicyclic) bond motifs is 4. The van der Waals surface area contributed by atoms with E-state index in [0.717, 1.165) is 28.1 Å². The summed E-state index contributed by atoms with van der Waals surface area (Å²) in [6.07, 6.45) is 2.37. The van der Waals surface area contributed by atoms with Crippen LogP contribution in [0.5, 0.6) is 0 Å². The normalized spacial score (nSPS) is 15.3. The average molecular weight is 437 g/mol. The van der Waals surface area contributed by atoms with Crippen molar-refractivity contribution in [1.82, 2.24) is 14.5 Å². The van der Waals surface area contributed by atoms with Gasteiger partial charge in [0.1, 0.15) is 16.1 Å². The number of thioether (sulfide) groups is 1. The molecule has 3 aromatic heterocycles. The van der Waals surface area contributed by atoms with Gasteiger partial charge in [-0.25, -0.2) is 9.97 Å². The van der Waals surface area contributed by atoms with Crippen LogP contribution >= 0.6 is 23.1 Å². The van der Waals surface area contributed by atoms with Gasteiger partial charge in [-0.2, -0.15) is 11.8 Å². The summed E-state index contributed by atoms with van der Waals surface area (Å²) in [5.74, 6) is 0.651. The fourth-order valence-electron chi connectivity index (χ4n) is 3.67. The molecule has 0 saturated carbocycles. The van der Waals surface area contributed by atoms with E-state index >= 15 is 0 Å². The molecule has 8 heteroatoms. The van der Waals surface area contributed by atoms with E-state index in [-0.39, 0.29) is 22.8 Å². The van der Waals surface area contributed by atoms with Crippen LogP contribution in [0.15, 0.2) is 47.5 Å². The molecule has 0 spiro atoms. The zero-order chi connectivity index (χ0) is 20.9.